The van der Waals surface area contributed by atoms with E-state index in [4.69, 9.17) is 0 Å². The van der Waals surface area contributed by atoms with Crippen LogP contribution in [0.3, 0.4) is 0 Å². The predicted molar refractivity (Wildman–Crippen MR) is 84.4 cm³/mol. The molecule has 0 radical (unpaired) electrons. The van der Waals surface area contributed by atoms with Gasteiger partial charge in [-0.1, -0.05) is 20.8 Å². The summed E-state index contributed by atoms with van der Waals surface area (Å²) in [4.78, 5) is 14.6. The summed E-state index contributed by atoms with van der Waals surface area (Å²) in [6.45, 7) is 9.15. The number of aryl methyl sites for hydroxylation is 1. The van der Waals surface area contributed by atoms with Crippen LogP contribution >= 0.6 is 0 Å². The molecule has 0 bridgehead atoms. The molecule has 0 aromatic carbocycles. The van der Waals surface area contributed by atoms with Crippen molar-refractivity contribution in [3.8, 4) is 0 Å². The number of hydrogen-bond acceptors (Lipinski definition) is 3. The number of carbonyl (C=O) groups is 1. The molecule has 2 aliphatic rings. The number of hydrogen-bond donors (Lipinski definition) is 1. The Kier molecular flexibility index (Phi) is 4.36. The molecular formula is C16H27N5O. The molecule has 1 aromatic heterocycles. The molecule has 6 heteroatoms. The first-order valence-corrected chi connectivity index (χ1v) is 8.53. The van der Waals surface area contributed by atoms with Crippen molar-refractivity contribution in [3.05, 3.63) is 11.6 Å². The average molecular weight is 305 g/mol. The number of carbonyl (C=O) groups excluding carboxylic acids is 1. The van der Waals surface area contributed by atoms with Crippen LogP contribution < -0.4 is 5.32 Å². The van der Waals surface area contributed by atoms with E-state index in [-0.39, 0.29) is 12.1 Å². The van der Waals surface area contributed by atoms with Crippen LogP contribution in [0.5, 0.6) is 0 Å². The summed E-state index contributed by atoms with van der Waals surface area (Å²) in [5.41, 5.74) is 0. The standard InChI is InChI=1S/C16H27N5O/c1-11(2)14(15-19-18-13-7-5-9-21(13)15)17-16(22)20-8-4-6-12(3)10-20/h11-12,14H,4-10H2,1-3H3,(H,17,22)/t12-,14+/m1/s1. The maximum absolute atomic E-state index is 12.6. The lowest BCUT2D eigenvalue weighted by Gasteiger charge is -2.33. The third-order valence-corrected chi connectivity index (χ3v) is 4.81. The molecule has 3 rings (SSSR count). The molecule has 0 saturated carbocycles. The highest BCUT2D eigenvalue weighted by Crippen LogP contribution is 2.25. The lowest BCUT2D eigenvalue weighted by molar-refractivity contribution is 0.162. The Balaban J connectivity index is 1.73. The van der Waals surface area contributed by atoms with Crippen LogP contribution in [0.4, 0.5) is 4.79 Å². The molecule has 2 atom stereocenters. The Labute approximate surface area is 132 Å². The van der Waals surface area contributed by atoms with Gasteiger partial charge in [0, 0.05) is 26.1 Å². The number of likely N-dealkylation sites (tertiary alicyclic amines) is 1. The van der Waals surface area contributed by atoms with Crippen molar-refractivity contribution < 1.29 is 4.79 Å². The Morgan fingerprint density at radius 1 is 1.27 bits per heavy atom. The normalized spacial score (nSPS) is 22.7. The van der Waals surface area contributed by atoms with E-state index in [0.29, 0.717) is 11.8 Å². The molecule has 0 spiro atoms. The number of piperidine rings is 1. The van der Waals surface area contributed by atoms with Crippen molar-refractivity contribution in [1.82, 2.24) is 25.0 Å². The fraction of sp³-hybridized carbons (Fsp3) is 0.812. The first kappa shape index (κ1) is 15.3. The van der Waals surface area contributed by atoms with Crippen molar-refractivity contribution in [2.45, 2.75) is 59.0 Å². The van der Waals surface area contributed by atoms with Gasteiger partial charge >= 0.3 is 6.03 Å². The van der Waals surface area contributed by atoms with Gasteiger partial charge < -0.3 is 14.8 Å². The van der Waals surface area contributed by atoms with Gasteiger partial charge in [-0.3, -0.25) is 0 Å². The smallest absolute Gasteiger partial charge is 0.318 e. The SMILES string of the molecule is CC(C)[C@H](NC(=O)N1CCC[C@@H](C)C1)c1nnc2n1CCC2. The molecule has 0 unspecified atom stereocenters. The van der Waals surface area contributed by atoms with Crippen LogP contribution in [-0.2, 0) is 13.0 Å². The molecule has 1 N–H and O–H groups in total. The summed E-state index contributed by atoms with van der Waals surface area (Å²) >= 11 is 0. The minimum Gasteiger partial charge on any atom is -0.328 e. The van der Waals surface area contributed by atoms with Gasteiger partial charge in [0.2, 0.25) is 0 Å². The second-order valence-electron chi connectivity index (χ2n) is 7.09. The molecular weight excluding hydrogens is 278 g/mol. The van der Waals surface area contributed by atoms with Gasteiger partial charge in [0.15, 0.2) is 5.82 Å². The van der Waals surface area contributed by atoms with Crippen molar-refractivity contribution in [1.29, 1.82) is 0 Å². The number of aromatic nitrogens is 3. The van der Waals surface area contributed by atoms with Crippen molar-refractivity contribution in [2.75, 3.05) is 13.1 Å². The van der Waals surface area contributed by atoms with Gasteiger partial charge in [0.25, 0.3) is 0 Å². The predicted octanol–water partition coefficient (Wildman–Crippen LogP) is 2.36. The number of urea groups is 1. The van der Waals surface area contributed by atoms with E-state index >= 15 is 0 Å². The molecule has 0 aliphatic carbocycles. The highest BCUT2D eigenvalue weighted by molar-refractivity contribution is 5.74. The summed E-state index contributed by atoms with van der Waals surface area (Å²) in [7, 11) is 0. The van der Waals surface area contributed by atoms with Gasteiger partial charge in [-0.2, -0.15) is 0 Å². The Morgan fingerprint density at radius 3 is 2.82 bits per heavy atom. The Hall–Kier alpha value is -1.59. The van der Waals surface area contributed by atoms with E-state index in [0.717, 1.165) is 50.5 Å². The molecule has 3 heterocycles. The molecule has 2 amide bonds. The van der Waals surface area contributed by atoms with E-state index < -0.39 is 0 Å². The van der Waals surface area contributed by atoms with Gasteiger partial charge in [-0.05, 0) is 31.1 Å². The summed E-state index contributed by atoms with van der Waals surface area (Å²) in [5, 5.41) is 11.8. The monoisotopic (exact) mass is 305 g/mol. The van der Waals surface area contributed by atoms with Gasteiger partial charge in [-0.25, -0.2) is 4.79 Å². The zero-order valence-corrected chi connectivity index (χ0v) is 13.9. The van der Waals surface area contributed by atoms with Gasteiger partial charge in [-0.15, -0.1) is 10.2 Å². The van der Waals surface area contributed by atoms with Crippen LogP contribution in [0.25, 0.3) is 0 Å². The molecule has 1 saturated heterocycles. The summed E-state index contributed by atoms with van der Waals surface area (Å²) in [6.07, 6.45) is 4.44. The van der Waals surface area contributed by atoms with E-state index in [9.17, 15) is 4.79 Å². The number of nitrogens with zero attached hydrogens (tertiary/aromatic N) is 4. The fourth-order valence-electron chi connectivity index (χ4n) is 3.53. The average Bonchev–Trinajstić information content (AvgIpc) is 3.07. The van der Waals surface area contributed by atoms with Crippen LogP contribution in [0.1, 0.15) is 57.7 Å². The number of amides is 2. The van der Waals surface area contributed by atoms with Crippen molar-refractivity contribution in [2.24, 2.45) is 11.8 Å². The minimum absolute atomic E-state index is 0.0422. The molecule has 1 aromatic rings. The van der Waals surface area contributed by atoms with Gasteiger partial charge in [0.05, 0.1) is 6.04 Å². The first-order valence-electron chi connectivity index (χ1n) is 8.53. The summed E-state index contributed by atoms with van der Waals surface area (Å²) in [5.74, 6) is 2.86. The highest BCUT2D eigenvalue weighted by Gasteiger charge is 2.30. The molecule has 122 valence electrons. The minimum atomic E-state index is -0.0657. The Morgan fingerprint density at radius 2 is 2.09 bits per heavy atom. The number of rotatable bonds is 3. The van der Waals surface area contributed by atoms with Crippen molar-refractivity contribution in [3.63, 3.8) is 0 Å². The summed E-state index contributed by atoms with van der Waals surface area (Å²) in [6, 6.07) is -0.0234. The van der Waals surface area contributed by atoms with Gasteiger partial charge in [0.1, 0.15) is 5.82 Å². The maximum atomic E-state index is 12.6. The number of fused-ring (bicyclic) bond motifs is 1. The highest BCUT2D eigenvalue weighted by atomic mass is 16.2. The quantitative estimate of drug-likeness (QED) is 0.932. The summed E-state index contributed by atoms with van der Waals surface area (Å²) < 4.78 is 2.18. The molecule has 1 fully saturated rings. The second-order valence-corrected chi connectivity index (χ2v) is 7.09. The molecule has 22 heavy (non-hydrogen) atoms. The zero-order valence-electron chi connectivity index (χ0n) is 13.9. The lowest BCUT2D eigenvalue weighted by atomic mass is 10.0. The maximum Gasteiger partial charge on any atom is 0.318 e. The first-order chi connectivity index (χ1) is 10.6. The van der Waals surface area contributed by atoms with E-state index in [1.165, 1.54) is 6.42 Å². The fourth-order valence-corrected chi connectivity index (χ4v) is 3.53. The van der Waals surface area contributed by atoms with E-state index in [1.807, 2.05) is 4.90 Å². The lowest BCUT2D eigenvalue weighted by Crippen LogP contribution is -2.47. The van der Waals surface area contributed by atoms with Crippen LogP contribution in [0, 0.1) is 11.8 Å². The third-order valence-electron chi connectivity index (χ3n) is 4.81. The zero-order chi connectivity index (χ0) is 15.7. The topological polar surface area (TPSA) is 63.1 Å². The second kappa shape index (κ2) is 6.26. The van der Waals surface area contributed by atoms with E-state index in [2.05, 4.69) is 40.9 Å². The van der Waals surface area contributed by atoms with Crippen molar-refractivity contribution >= 4 is 6.03 Å². The molecule has 6 nitrogen and oxygen atoms in total. The largest absolute Gasteiger partial charge is 0.328 e. The van der Waals surface area contributed by atoms with Crippen LogP contribution in [0.2, 0.25) is 0 Å². The van der Waals surface area contributed by atoms with Crippen LogP contribution in [-0.4, -0.2) is 38.8 Å². The van der Waals surface area contributed by atoms with E-state index in [1.54, 1.807) is 0 Å². The Bertz CT molecular complexity index is 539. The van der Waals surface area contributed by atoms with Crippen LogP contribution in [0.15, 0.2) is 0 Å². The third kappa shape index (κ3) is 2.96. The molecule has 2 aliphatic heterocycles. The number of nitrogens with one attached hydrogen (secondary N) is 1.